The molecule has 8 heteroatoms. The highest BCUT2D eigenvalue weighted by Crippen LogP contribution is 2.27. The summed E-state index contributed by atoms with van der Waals surface area (Å²) < 4.78 is 0. The van der Waals surface area contributed by atoms with Crippen LogP contribution < -0.4 is 0 Å². The number of aromatic nitrogens is 6. The van der Waals surface area contributed by atoms with Gasteiger partial charge in [-0.2, -0.15) is 10.2 Å². The van der Waals surface area contributed by atoms with Crippen LogP contribution in [-0.2, 0) is 0 Å². The van der Waals surface area contributed by atoms with Gasteiger partial charge in [0.15, 0.2) is 17.5 Å². The van der Waals surface area contributed by atoms with E-state index in [1.807, 2.05) is 30.3 Å². The minimum atomic E-state index is 0.0613. The highest BCUT2D eigenvalue weighted by atomic mass is 16.3. The second-order valence-corrected chi connectivity index (χ2v) is 7.01. The van der Waals surface area contributed by atoms with Crippen molar-refractivity contribution in [3.05, 3.63) is 78.3 Å². The molecule has 30 heavy (non-hydrogen) atoms. The SMILES string of the molecule is OC1=CCC(c2nc(-c3cccc(-c4n[nH]c(-c5ccc(O)cc5)n4)c3)n[nH]2)C=C1. The van der Waals surface area contributed by atoms with E-state index in [4.69, 9.17) is 0 Å². The third-order valence-electron chi connectivity index (χ3n) is 4.94. The number of H-pyrrole nitrogens is 2. The molecule has 2 aromatic carbocycles. The standard InChI is InChI=1S/C22H18N6O2/c29-17-8-4-13(5-9-17)19-23-21(27-25-19)15-2-1-3-16(12-15)22-24-20(26-28-22)14-6-10-18(30)11-7-14/h1-6,8-12,14,29-30H,7H2,(H,23,25,27)(H,24,26,28). The minimum absolute atomic E-state index is 0.0613. The molecule has 0 fully saturated rings. The molecule has 0 saturated heterocycles. The van der Waals surface area contributed by atoms with Crippen molar-refractivity contribution in [2.75, 3.05) is 0 Å². The lowest BCUT2D eigenvalue weighted by molar-refractivity contribution is 0.424. The molecule has 4 aromatic rings. The van der Waals surface area contributed by atoms with Crippen molar-refractivity contribution in [3.8, 4) is 39.9 Å². The molecule has 0 spiro atoms. The van der Waals surface area contributed by atoms with Crippen molar-refractivity contribution < 1.29 is 10.2 Å². The smallest absolute Gasteiger partial charge is 0.181 e. The Morgan fingerprint density at radius 2 is 1.57 bits per heavy atom. The fourth-order valence-electron chi connectivity index (χ4n) is 3.32. The molecule has 1 aliphatic rings. The zero-order chi connectivity index (χ0) is 20.5. The molecule has 0 radical (unpaired) electrons. The Balaban J connectivity index is 1.40. The fourth-order valence-corrected chi connectivity index (χ4v) is 3.32. The second-order valence-electron chi connectivity index (χ2n) is 7.01. The van der Waals surface area contributed by atoms with Crippen LogP contribution in [-0.4, -0.2) is 40.6 Å². The normalized spacial score (nSPS) is 15.9. The van der Waals surface area contributed by atoms with Crippen LogP contribution in [0.4, 0.5) is 0 Å². The third kappa shape index (κ3) is 3.46. The van der Waals surface area contributed by atoms with E-state index in [0.29, 0.717) is 23.9 Å². The predicted molar refractivity (Wildman–Crippen MR) is 112 cm³/mol. The number of aliphatic hydroxyl groups is 1. The number of aliphatic hydroxyl groups excluding tert-OH is 1. The topological polar surface area (TPSA) is 124 Å². The van der Waals surface area contributed by atoms with E-state index in [2.05, 4.69) is 30.4 Å². The summed E-state index contributed by atoms with van der Waals surface area (Å²) in [7, 11) is 0. The van der Waals surface area contributed by atoms with Crippen LogP contribution >= 0.6 is 0 Å². The lowest BCUT2D eigenvalue weighted by Crippen LogP contribution is -2.00. The van der Waals surface area contributed by atoms with E-state index >= 15 is 0 Å². The van der Waals surface area contributed by atoms with E-state index < -0.39 is 0 Å². The van der Waals surface area contributed by atoms with Crippen molar-refractivity contribution in [2.24, 2.45) is 0 Å². The maximum atomic E-state index is 9.49. The van der Waals surface area contributed by atoms with Gasteiger partial charge in [0.05, 0.1) is 0 Å². The van der Waals surface area contributed by atoms with Crippen LogP contribution in [0, 0.1) is 0 Å². The maximum absolute atomic E-state index is 9.49. The first kappa shape index (κ1) is 17.9. The average Bonchev–Trinajstić information content (AvgIpc) is 3.45. The van der Waals surface area contributed by atoms with E-state index in [0.717, 1.165) is 22.5 Å². The molecule has 5 rings (SSSR count). The number of benzene rings is 2. The van der Waals surface area contributed by atoms with Crippen LogP contribution in [0.15, 0.2) is 72.5 Å². The van der Waals surface area contributed by atoms with Gasteiger partial charge in [-0.25, -0.2) is 9.97 Å². The van der Waals surface area contributed by atoms with Crippen LogP contribution in [0.1, 0.15) is 18.2 Å². The fraction of sp³-hybridized carbons (Fsp3) is 0.0909. The van der Waals surface area contributed by atoms with Crippen molar-refractivity contribution in [2.45, 2.75) is 12.3 Å². The average molecular weight is 398 g/mol. The molecule has 0 saturated carbocycles. The van der Waals surface area contributed by atoms with Gasteiger partial charge < -0.3 is 10.2 Å². The molecular weight excluding hydrogens is 380 g/mol. The van der Waals surface area contributed by atoms with Crippen LogP contribution in [0.25, 0.3) is 34.2 Å². The first-order valence-electron chi connectivity index (χ1n) is 9.48. The Bertz CT molecular complexity index is 1250. The Morgan fingerprint density at radius 1 is 0.833 bits per heavy atom. The Morgan fingerprint density at radius 3 is 2.30 bits per heavy atom. The van der Waals surface area contributed by atoms with Crippen LogP contribution in [0.3, 0.4) is 0 Å². The number of hydrogen-bond acceptors (Lipinski definition) is 6. The number of phenolic OH excluding ortho intramolecular Hbond substituents is 1. The van der Waals surface area contributed by atoms with E-state index in [1.54, 1.807) is 36.4 Å². The molecular formula is C22H18N6O2. The molecule has 0 amide bonds. The largest absolute Gasteiger partial charge is 0.508 e. The lowest BCUT2D eigenvalue weighted by Gasteiger charge is -2.10. The lowest BCUT2D eigenvalue weighted by atomic mass is 9.99. The monoisotopic (exact) mass is 398 g/mol. The Hall–Kier alpha value is -4.20. The van der Waals surface area contributed by atoms with Crippen molar-refractivity contribution >= 4 is 0 Å². The highest BCUT2D eigenvalue weighted by molar-refractivity contribution is 5.67. The van der Waals surface area contributed by atoms with Gasteiger partial charge >= 0.3 is 0 Å². The van der Waals surface area contributed by atoms with Crippen molar-refractivity contribution in [1.29, 1.82) is 0 Å². The summed E-state index contributed by atoms with van der Waals surface area (Å²) in [6.07, 6.45) is 6.02. The first-order chi connectivity index (χ1) is 14.7. The van der Waals surface area contributed by atoms with Crippen LogP contribution in [0.2, 0.25) is 0 Å². The predicted octanol–water partition coefficient (Wildman–Crippen LogP) is 4.11. The van der Waals surface area contributed by atoms with Gasteiger partial charge in [-0.1, -0.05) is 24.3 Å². The minimum Gasteiger partial charge on any atom is -0.508 e. The van der Waals surface area contributed by atoms with Crippen molar-refractivity contribution in [1.82, 2.24) is 30.4 Å². The summed E-state index contributed by atoms with van der Waals surface area (Å²) in [5.41, 5.74) is 2.52. The summed E-state index contributed by atoms with van der Waals surface area (Å²) in [6, 6.07) is 14.5. The molecule has 148 valence electrons. The Labute approximate surface area is 171 Å². The number of nitrogens with zero attached hydrogens (tertiary/aromatic N) is 4. The zero-order valence-electron chi connectivity index (χ0n) is 15.8. The van der Waals surface area contributed by atoms with E-state index in [1.165, 1.54) is 0 Å². The van der Waals surface area contributed by atoms with Gasteiger partial charge in [0.2, 0.25) is 0 Å². The summed E-state index contributed by atoms with van der Waals surface area (Å²) in [5, 5.41) is 33.5. The molecule has 2 heterocycles. The summed E-state index contributed by atoms with van der Waals surface area (Å²) >= 11 is 0. The molecule has 8 nitrogen and oxygen atoms in total. The number of phenols is 1. The number of nitrogens with one attached hydrogen (secondary N) is 2. The van der Waals surface area contributed by atoms with Crippen molar-refractivity contribution in [3.63, 3.8) is 0 Å². The summed E-state index contributed by atoms with van der Waals surface area (Å²) in [5.74, 6) is 3.07. The second kappa shape index (κ2) is 7.32. The molecule has 4 N–H and O–H groups in total. The first-order valence-corrected chi connectivity index (χ1v) is 9.48. The number of rotatable bonds is 4. The molecule has 2 aromatic heterocycles. The van der Waals surface area contributed by atoms with Gasteiger partial charge in [-0.3, -0.25) is 10.2 Å². The zero-order valence-corrected chi connectivity index (χ0v) is 15.8. The number of aromatic hydroxyl groups is 1. The molecule has 0 bridgehead atoms. The highest BCUT2D eigenvalue weighted by Gasteiger charge is 2.17. The third-order valence-corrected chi connectivity index (χ3v) is 4.94. The molecule has 1 aliphatic carbocycles. The van der Waals surface area contributed by atoms with Gasteiger partial charge in [-0.15, -0.1) is 0 Å². The number of allylic oxidation sites excluding steroid dienone is 3. The van der Waals surface area contributed by atoms with Gasteiger partial charge in [0, 0.05) is 22.6 Å². The Kier molecular flexibility index (Phi) is 4.36. The summed E-state index contributed by atoms with van der Waals surface area (Å²) in [6.45, 7) is 0. The summed E-state index contributed by atoms with van der Waals surface area (Å²) in [4.78, 5) is 9.19. The van der Waals surface area contributed by atoms with Crippen LogP contribution in [0.5, 0.6) is 5.75 Å². The van der Waals surface area contributed by atoms with E-state index in [-0.39, 0.29) is 17.4 Å². The molecule has 1 unspecified atom stereocenters. The van der Waals surface area contributed by atoms with Gasteiger partial charge in [-0.05, 0) is 48.9 Å². The molecule has 0 aliphatic heterocycles. The molecule has 1 atom stereocenters. The van der Waals surface area contributed by atoms with E-state index in [9.17, 15) is 10.2 Å². The maximum Gasteiger partial charge on any atom is 0.181 e. The quantitative estimate of drug-likeness (QED) is 0.410. The van der Waals surface area contributed by atoms with Gasteiger partial charge in [0.1, 0.15) is 17.3 Å². The number of hydrogen-bond donors (Lipinski definition) is 4. The van der Waals surface area contributed by atoms with Gasteiger partial charge in [0.25, 0.3) is 0 Å². The number of aromatic amines is 2.